The first-order chi connectivity index (χ1) is 8.56. The van der Waals surface area contributed by atoms with Crippen molar-refractivity contribution >= 4 is 28.7 Å². The molecule has 90 valence electrons. The van der Waals surface area contributed by atoms with Crippen LogP contribution in [0.15, 0.2) is 41.4 Å². The summed E-state index contributed by atoms with van der Waals surface area (Å²) in [5, 5.41) is 10.5. The molecule has 18 heavy (non-hydrogen) atoms. The molecule has 1 aromatic carbocycles. The van der Waals surface area contributed by atoms with Crippen molar-refractivity contribution in [3.8, 4) is 0 Å². The molecule has 0 amide bonds. The van der Waals surface area contributed by atoms with Gasteiger partial charge in [0.25, 0.3) is 5.69 Å². The van der Waals surface area contributed by atoms with E-state index >= 15 is 0 Å². The smallest absolute Gasteiger partial charge is 0.269 e. The third-order valence-electron chi connectivity index (χ3n) is 2.37. The molecule has 1 aliphatic rings. The van der Waals surface area contributed by atoms with E-state index in [2.05, 4.69) is 4.99 Å². The molecule has 0 bridgehead atoms. The number of allylic oxidation sites excluding steroid dienone is 2. The normalized spacial score (nSPS) is 17.2. The Balaban J connectivity index is 2.27. The molecular formula is C12H8N2O4. The summed E-state index contributed by atoms with van der Waals surface area (Å²) in [5.74, 6) is -0.497. The molecule has 0 heterocycles. The maximum Gasteiger partial charge on any atom is 0.269 e. The predicted molar refractivity (Wildman–Crippen MR) is 64.0 cm³/mol. The largest absolute Gasteiger partial charge is 0.294 e. The second-order valence-electron chi connectivity index (χ2n) is 3.67. The number of hydrogen-bond donors (Lipinski definition) is 0. The molecule has 0 N–H and O–H groups in total. The molecule has 1 aromatic rings. The highest BCUT2D eigenvalue weighted by molar-refractivity contribution is 6.49. The number of nitro groups is 1. The fourth-order valence-corrected chi connectivity index (χ4v) is 1.48. The quantitative estimate of drug-likeness (QED) is 0.585. The highest BCUT2D eigenvalue weighted by atomic mass is 16.6. The Bertz CT molecular complexity index is 585. The molecule has 2 rings (SSSR count). The zero-order valence-corrected chi connectivity index (χ0v) is 9.20. The van der Waals surface area contributed by atoms with E-state index in [1.165, 1.54) is 36.4 Å². The second-order valence-corrected chi connectivity index (χ2v) is 3.67. The summed E-state index contributed by atoms with van der Waals surface area (Å²) in [5.41, 5.74) is 0.508. The number of nitro benzene ring substituents is 1. The first-order valence-corrected chi connectivity index (χ1v) is 5.13. The van der Waals surface area contributed by atoms with E-state index in [9.17, 15) is 19.7 Å². The second kappa shape index (κ2) is 4.70. The van der Waals surface area contributed by atoms with Crippen molar-refractivity contribution in [1.82, 2.24) is 0 Å². The number of non-ortho nitro benzene ring substituents is 1. The summed E-state index contributed by atoms with van der Waals surface area (Å²) in [7, 11) is 0. The van der Waals surface area contributed by atoms with Gasteiger partial charge in [-0.3, -0.25) is 19.7 Å². The standard InChI is InChI=1S/C12H8N2O4/c15-10-5-6-12(16)11(7-10)13-8-1-3-9(4-2-8)14(17)18/h1-6H,7H2. The van der Waals surface area contributed by atoms with Crippen molar-refractivity contribution in [3.05, 3.63) is 46.5 Å². The Kier molecular flexibility index (Phi) is 3.09. The minimum atomic E-state index is -0.519. The van der Waals surface area contributed by atoms with Crippen molar-refractivity contribution in [2.24, 2.45) is 4.99 Å². The van der Waals surface area contributed by atoms with Crippen LogP contribution in [0.4, 0.5) is 11.4 Å². The van der Waals surface area contributed by atoms with E-state index in [0.717, 1.165) is 0 Å². The molecule has 0 unspecified atom stereocenters. The lowest BCUT2D eigenvalue weighted by Gasteiger charge is -2.05. The Morgan fingerprint density at radius 3 is 2.39 bits per heavy atom. The summed E-state index contributed by atoms with van der Waals surface area (Å²) >= 11 is 0. The third kappa shape index (κ3) is 2.54. The van der Waals surface area contributed by atoms with Gasteiger partial charge in [-0.15, -0.1) is 0 Å². The zero-order valence-electron chi connectivity index (χ0n) is 9.20. The Hall–Kier alpha value is -2.63. The summed E-state index contributed by atoms with van der Waals surface area (Å²) in [6.07, 6.45) is 2.36. The summed E-state index contributed by atoms with van der Waals surface area (Å²) in [6, 6.07) is 5.46. The molecule has 0 atom stereocenters. The van der Waals surface area contributed by atoms with E-state index in [1.807, 2.05) is 0 Å². The number of hydrogen-bond acceptors (Lipinski definition) is 5. The molecule has 0 aliphatic heterocycles. The average Bonchev–Trinajstić information content (AvgIpc) is 2.34. The number of carbonyl (C=O) groups excluding carboxylic acids is 2. The van der Waals surface area contributed by atoms with Crippen LogP contribution in [0.3, 0.4) is 0 Å². The van der Waals surface area contributed by atoms with Gasteiger partial charge >= 0.3 is 0 Å². The van der Waals surface area contributed by atoms with Crippen LogP contribution in [0.1, 0.15) is 6.42 Å². The highest BCUT2D eigenvalue weighted by Gasteiger charge is 2.17. The van der Waals surface area contributed by atoms with Gasteiger partial charge in [-0.1, -0.05) is 0 Å². The van der Waals surface area contributed by atoms with E-state index in [1.54, 1.807) is 0 Å². The molecule has 0 saturated heterocycles. The fraction of sp³-hybridized carbons (Fsp3) is 0.0833. The third-order valence-corrected chi connectivity index (χ3v) is 2.37. The van der Waals surface area contributed by atoms with Crippen LogP contribution >= 0.6 is 0 Å². The number of aliphatic imine (C=N–C) groups is 1. The van der Waals surface area contributed by atoms with E-state index in [-0.39, 0.29) is 29.4 Å². The van der Waals surface area contributed by atoms with Gasteiger partial charge in [0, 0.05) is 12.1 Å². The van der Waals surface area contributed by atoms with Gasteiger partial charge < -0.3 is 0 Å². The average molecular weight is 244 g/mol. The number of benzene rings is 1. The van der Waals surface area contributed by atoms with Gasteiger partial charge in [-0.25, -0.2) is 4.99 Å². The minimum absolute atomic E-state index is 0.0354. The van der Waals surface area contributed by atoms with Crippen LogP contribution in [-0.2, 0) is 9.59 Å². The maximum absolute atomic E-state index is 11.4. The number of carbonyl (C=O) groups is 2. The predicted octanol–water partition coefficient (Wildman–Crippen LogP) is 1.77. The molecule has 1 aliphatic carbocycles. The van der Waals surface area contributed by atoms with Gasteiger partial charge in [-0.2, -0.15) is 0 Å². The Morgan fingerprint density at radius 2 is 1.78 bits per heavy atom. The summed E-state index contributed by atoms with van der Waals surface area (Å²) in [6.45, 7) is 0. The van der Waals surface area contributed by atoms with Crippen molar-refractivity contribution < 1.29 is 14.5 Å². The van der Waals surface area contributed by atoms with Crippen LogP contribution in [0, 0.1) is 10.1 Å². The van der Waals surface area contributed by atoms with Crippen LogP contribution in [0.2, 0.25) is 0 Å². The molecule has 0 aromatic heterocycles. The number of ketones is 2. The van der Waals surface area contributed by atoms with Gasteiger partial charge in [0.2, 0.25) is 5.78 Å². The molecule has 6 heteroatoms. The van der Waals surface area contributed by atoms with E-state index in [4.69, 9.17) is 0 Å². The van der Waals surface area contributed by atoms with Crippen molar-refractivity contribution in [2.45, 2.75) is 6.42 Å². The van der Waals surface area contributed by atoms with Crippen LogP contribution in [0.25, 0.3) is 0 Å². The first-order valence-electron chi connectivity index (χ1n) is 5.13. The van der Waals surface area contributed by atoms with Gasteiger partial charge in [0.05, 0.1) is 22.7 Å². The van der Waals surface area contributed by atoms with Crippen molar-refractivity contribution in [1.29, 1.82) is 0 Å². The van der Waals surface area contributed by atoms with Crippen LogP contribution < -0.4 is 0 Å². The van der Waals surface area contributed by atoms with Crippen molar-refractivity contribution in [3.63, 3.8) is 0 Å². The Labute approximate surface area is 102 Å². The maximum atomic E-state index is 11.4. The zero-order chi connectivity index (χ0) is 13.1. The molecule has 0 saturated carbocycles. The SMILES string of the molecule is O=C1C=CC(=O)C(=Nc2ccc([N+](=O)[O-])cc2)C1. The van der Waals surface area contributed by atoms with Crippen molar-refractivity contribution in [2.75, 3.05) is 0 Å². The Morgan fingerprint density at radius 1 is 1.11 bits per heavy atom. The highest BCUT2D eigenvalue weighted by Crippen LogP contribution is 2.19. The lowest BCUT2D eigenvalue weighted by atomic mass is 10.0. The molecule has 6 nitrogen and oxygen atoms in total. The topological polar surface area (TPSA) is 89.6 Å². The molecular weight excluding hydrogens is 236 g/mol. The van der Waals surface area contributed by atoms with Gasteiger partial charge in [-0.05, 0) is 24.3 Å². The van der Waals surface area contributed by atoms with Crippen LogP contribution in [0.5, 0.6) is 0 Å². The number of rotatable bonds is 2. The molecule has 0 fully saturated rings. The molecule has 0 spiro atoms. The lowest BCUT2D eigenvalue weighted by molar-refractivity contribution is -0.384. The van der Waals surface area contributed by atoms with Gasteiger partial charge in [0.15, 0.2) is 5.78 Å². The monoisotopic (exact) mass is 244 g/mol. The summed E-state index contributed by atoms with van der Waals surface area (Å²) < 4.78 is 0. The minimum Gasteiger partial charge on any atom is -0.294 e. The van der Waals surface area contributed by atoms with E-state index < -0.39 is 4.92 Å². The fourth-order valence-electron chi connectivity index (χ4n) is 1.48. The summed E-state index contributed by atoms with van der Waals surface area (Å²) in [4.78, 5) is 36.5. The lowest BCUT2D eigenvalue weighted by Crippen LogP contribution is -2.19. The molecule has 0 radical (unpaired) electrons. The number of nitrogens with zero attached hydrogens (tertiary/aromatic N) is 2. The van der Waals surface area contributed by atoms with Gasteiger partial charge in [0.1, 0.15) is 0 Å². The first kappa shape index (κ1) is 11.8. The van der Waals surface area contributed by atoms with E-state index in [0.29, 0.717) is 5.69 Å². The van der Waals surface area contributed by atoms with Crippen LogP contribution in [-0.4, -0.2) is 22.2 Å².